The van der Waals surface area contributed by atoms with E-state index in [0.29, 0.717) is 23.6 Å². The first-order valence-electron chi connectivity index (χ1n) is 5.32. The molecule has 0 atom stereocenters. The van der Waals surface area contributed by atoms with E-state index < -0.39 is 0 Å². The minimum atomic E-state index is -0.325. The van der Waals surface area contributed by atoms with Crippen molar-refractivity contribution < 1.29 is 4.79 Å². The van der Waals surface area contributed by atoms with Gasteiger partial charge in [0.1, 0.15) is 0 Å². The fourth-order valence-corrected chi connectivity index (χ4v) is 2.02. The number of carbonyl (C=O) groups is 1. The molecule has 0 heterocycles. The van der Waals surface area contributed by atoms with Crippen LogP contribution < -0.4 is 11.1 Å². The third-order valence-corrected chi connectivity index (χ3v) is 3.09. The smallest absolute Gasteiger partial charge is 0.224 e. The second-order valence-electron chi connectivity index (χ2n) is 4.66. The number of rotatable bonds is 4. The summed E-state index contributed by atoms with van der Waals surface area (Å²) in [4.78, 5) is 11.7. The Hall–Kier alpha value is -0.580. The fourth-order valence-electron chi connectivity index (χ4n) is 1.24. The van der Waals surface area contributed by atoms with Gasteiger partial charge in [0.2, 0.25) is 5.91 Å². The number of hydrogen-bond acceptors (Lipinski definition) is 2. The molecule has 1 aromatic rings. The molecular weight excluding hydrogens is 304 g/mol. The normalized spacial score (nSPS) is 11.4. The first-order chi connectivity index (χ1) is 7.78. The van der Waals surface area contributed by atoms with E-state index in [1.807, 2.05) is 13.8 Å². The van der Waals surface area contributed by atoms with Crippen LogP contribution >= 0.6 is 27.5 Å². The van der Waals surface area contributed by atoms with Crippen molar-refractivity contribution in [3.8, 4) is 0 Å². The molecule has 3 nitrogen and oxygen atoms in total. The average Bonchev–Trinajstić information content (AvgIpc) is 2.18. The van der Waals surface area contributed by atoms with Gasteiger partial charge < -0.3 is 11.1 Å². The van der Waals surface area contributed by atoms with Gasteiger partial charge in [0, 0.05) is 21.5 Å². The zero-order valence-corrected chi connectivity index (χ0v) is 12.2. The summed E-state index contributed by atoms with van der Waals surface area (Å²) in [7, 11) is 0. The third kappa shape index (κ3) is 5.52. The molecule has 0 aliphatic heterocycles. The highest BCUT2D eigenvalue weighted by Gasteiger charge is 2.13. The van der Waals surface area contributed by atoms with Gasteiger partial charge in [0.05, 0.1) is 5.69 Å². The Bertz CT molecular complexity index is 415. The highest BCUT2D eigenvalue weighted by atomic mass is 79.9. The van der Waals surface area contributed by atoms with E-state index in [1.54, 1.807) is 18.2 Å². The monoisotopic (exact) mass is 318 g/mol. The van der Waals surface area contributed by atoms with E-state index in [1.165, 1.54) is 0 Å². The molecule has 0 aromatic heterocycles. The van der Waals surface area contributed by atoms with Gasteiger partial charge in [0.25, 0.3) is 0 Å². The van der Waals surface area contributed by atoms with Gasteiger partial charge in [-0.1, -0.05) is 11.6 Å². The lowest BCUT2D eigenvalue weighted by molar-refractivity contribution is -0.116. The van der Waals surface area contributed by atoms with Crippen LogP contribution in [0.5, 0.6) is 0 Å². The molecule has 0 bridgehead atoms. The molecular formula is C12H16BrClN2O. The first-order valence-corrected chi connectivity index (χ1v) is 6.49. The average molecular weight is 320 g/mol. The van der Waals surface area contributed by atoms with Crippen LogP contribution in [0.1, 0.15) is 26.7 Å². The number of nitrogens with two attached hydrogens (primary N) is 1. The van der Waals surface area contributed by atoms with E-state index in [2.05, 4.69) is 21.2 Å². The number of halogens is 2. The summed E-state index contributed by atoms with van der Waals surface area (Å²) < 4.78 is 0.769. The molecule has 17 heavy (non-hydrogen) atoms. The van der Waals surface area contributed by atoms with Crippen molar-refractivity contribution in [3.05, 3.63) is 27.7 Å². The molecule has 0 radical (unpaired) electrons. The molecule has 1 aromatic carbocycles. The van der Waals surface area contributed by atoms with Gasteiger partial charge in [-0.2, -0.15) is 0 Å². The van der Waals surface area contributed by atoms with E-state index in [-0.39, 0.29) is 11.4 Å². The number of hydrogen-bond donors (Lipinski definition) is 2. The molecule has 5 heteroatoms. The molecule has 0 saturated heterocycles. The quantitative estimate of drug-likeness (QED) is 0.891. The predicted octanol–water partition coefficient (Wildman–Crippen LogP) is 3.56. The van der Waals surface area contributed by atoms with E-state index in [9.17, 15) is 4.79 Å². The van der Waals surface area contributed by atoms with Crippen molar-refractivity contribution in [3.63, 3.8) is 0 Å². The molecule has 0 unspecified atom stereocenters. The topological polar surface area (TPSA) is 55.1 Å². The van der Waals surface area contributed by atoms with Crippen LogP contribution in [-0.4, -0.2) is 11.4 Å². The number of amides is 1. The molecule has 3 N–H and O–H groups in total. The van der Waals surface area contributed by atoms with E-state index >= 15 is 0 Å². The van der Waals surface area contributed by atoms with Gasteiger partial charge in [-0.05, 0) is 54.4 Å². The van der Waals surface area contributed by atoms with Crippen molar-refractivity contribution in [1.82, 2.24) is 0 Å². The maximum atomic E-state index is 11.7. The lowest BCUT2D eigenvalue weighted by atomic mass is 10.00. The van der Waals surface area contributed by atoms with Crippen molar-refractivity contribution in [2.45, 2.75) is 32.2 Å². The molecule has 94 valence electrons. The molecule has 0 aliphatic rings. The number of benzene rings is 1. The van der Waals surface area contributed by atoms with E-state index in [0.717, 1.165) is 4.47 Å². The molecule has 0 spiro atoms. The molecule has 1 rings (SSSR count). The Kier molecular flexibility index (Phi) is 4.98. The summed E-state index contributed by atoms with van der Waals surface area (Å²) in [5, 5.41) is 3.43. The van der Waals surface area contributed by atoms with Gasteiger partial charge in [-0.3, -0.25) is 4.79 Å². The van der Waals surface area contributed by atoms with Crippen molar-refractivity contribution in [1.29, 1.82) is 0 Å². The maximum absolute atomic E-state index is 11.7. The minimum Gasteiger partial charge on any atom is -0.326 e. The Morgan fingerprint density at radius 3 is 2.71 bits per heavy atom. The second-order valence-corrected chi connectivity index (χ2v) is 5.95. The summed E-state index contributed by atoms with van der Waals surface area (Å²) in [6.07, 6.45) is 1.04. The maximum Gasteiger partial charge on any atom is 0.224 e. The van der Waals surface area contributed by atoms with Gasteiger partial charge >= 0.3 is 0 Å². The minimum absolute atomic E-state index is 0.0495. The van der Waals surface area contributed by atoms with Crippen LogP contribution in [0, 0.1) is 0 Å². The summed E-state index contributed by atoms with van der Waals surface area (Å²) in [6.45, 7) is 3.80. The Balaban J connectivity index is 2.57. The zero-order valence-electron chi connectivity index (χ0n) is 9.89. The van der Waals surface area contributed by atoms with Crippen LogP contribution in [0.2, 0.25) is 5.02 Å². The standard InChI is InChI=1S/C12H16BrClN2O/c1-12(2,15)6-5-11(17)16-10-4-3-8(14)7-9(10)13/h3-4,7H,5-6,15H2,1-2H3,(H,16,17). The fraction of sp³-hybridized carbons (Fsp3) is 0.417. The second kappa shape index (κ2) is 5.85. The predicted molar refractivity (Wildman–Crippen MR) is 75.3 cm³/mol. The molecule has 1 amide bonds. The Morgan fingerprint density at radius 2 is 2.18 bits per heavy atom. The zero-order chi connectivity index (χ0) is 13.1. The third-order valence-electron chi connectivity index (χ3n) is 2.20. The lowest BCUT2D eigenvalue weighted by Crippen LogP contribution is -2.33. The highest BCUT2D eigenvalue weighted by molar-refractivity contribution is 9.10. The molecule has 0 aliphatic carbocycles. The highest BCUT2D eigenvalue weighted by Crippen LogP contribution is 2.26. The van der Waals surface area contributed by atoms with Gasteiger partial charge in [0.15, 0.2) is 0 Å². The lowest BCUT2D eigenvalue weighted by Gasteiger charge is -2.17. The summed E-state index contributed by atoms with van der Waals surface area (Å²) in [5.74, 6) is -0.0495. The summed E-state index contributed by atoms with van der Waals surface area (Å²) in [5.41, 5.74) is 6.21. The van der Waals surface area contributed by atoms with Crippen LogP contribution in [0.15, 0.2) is 22.7 Å². The van der Waals surface area contributed by atoms with Crippen molar-refractivity contribution in [2.24, 2.45) is 5.73 Å². The first kappa shape index (κ1) is 14.5. The Morgan fingerprint density at radius 1 is 1.53 bits per heavy atom. The summed E-state index contributed by atoms with van der Waals surface area (Å²) >= 11 is 9.16. The van der Waals surface area contributed by atoms with Crippen LogP contribution in [0.25, 0.3) is 0 Å². The van der Waals surface area contributed by atoms with Crippen molar-refractivity contribution >= 4 is 39.1 Å². The van der Waals surface area contributed by atoms with Gasteiger partial charge in [-0.25, -0.2) is 0 Å². The van der Waals surface area contributed by atoms with E-state index in [4.69, 9.17) is 17.3 Å². The number of carbonyl (C=O) groups excluding carboxylic acids is 1. The number of nitrogens with one attached hydrogen (secondary N) is 1. The van der Waals surface area contributed by atoms with Crippen LogP contribution in [0.3, 0.4) is 0 Å². The van der Waals surface area contributed by atoms with Crippen LogP contribution in [-0.2, 0) is 4.79 Å². The molecule has 0 saturated carbocycles. The SMILES string of the molecule is CC(C)(N)CCC(=O)Nc1ccc(Cl)cc1Br. The van der Waals surface area contributed by atoms with Gasteiger partial charge in [-0.15, -0.1) is 0 Å². The van der Waals surface area contributed by atoms with Crippen molar-refractivity contribution in [2.75, 3.05) is 5.32 Å². The summed E-state index contributed by atoms with van der Waals surface area (Å²) in [6, 6.07) is 5.23. The molecule has 0 fully saturated rings. The number of anilines is 1. The Labute approximate surface area is 115 Å². The van der Waals surface area contributed by atoms with Crippen LogP contribution in [0.4, 0.5) is 5.69 Å². The largest absolute Gasteiger partial charge is 0.326 e.